The van der Waals surface area contributed by atoms with Crippen LogP contribution in [0.3, 0.4) is 0 Å². The summed E-state index contributed by atoms with van der Waals surface area (Å²) in [6.45, 7) is 6.72. The lowest BCUT2D eigenvalue weighted by Crippen LogP contribution is -2.30. The number of unbranched alkanes of at least 4 members (excludes halogenated alkanes) is 53. The maximum Gasteiger partial charge on any atom is 0.306 e. The summed E-state index contributed by atoms with van der Waals surface area (Å²) in [6, 6.07) is 0. The van der Waals surface area contributed by atoms with E-state index in [1.165, 1.54) is 315 Å². The molecule has 0 aliphatic carbocycles. The average molecular weight is 1130 g/mol. The Bertz CT molecular complexity index is 1290. The molecule has 6 heteroatoms. The minimum atomic E-state index is -0.772. The molecule has 1 atom stereocenters. The van der Waals surface area contributed by atoms with Crippen molar-refractivity contribution in [1.82, 2.24) is 0 Å². The molecule has 0 amide bonds. The van der Waals surface area contributed by atoms with E-state index in [9.17, 15) is 14.4 Å². The van der Waals surface area contributed by atoms with Gasteiger partial charge in [0.05, 0.1) is 0 Å². The van der Waals surface area contributed by atoms with Gasteiger partial charge in [-0.05, 0) is 70.6 Å². The normalized spacial score (nSPS) is 12.1. The second-order valence-electron chi connectivity index (χ2n) is 24.9. The van der Waals surface area contributed by atoms with Gasteiger partial charge in [-0.2, -0.15) is 0 Å². The van der Waals surface area contributed by atoms with Gasteiger partial charge in [0, 0.05) is 19.3 Å². The summed E-state index contributed by atoms with van der Waals surface area (Å²) in [5, 5.41) is 0. The molecule has 0 rings (SSSR count). The third-order valence-electron chi connectivity index (χ3n) is 16.7. The van der Waals surface area contributed by atoms with Crippen molar-refractivity contribution in [3.8, 4) is 0 Å². The maximum atomic E-state index is 13.0. The molecule has 472 valence electrons. The quantitative estimate of drug-likeness (QED) is 0.0261. The Labute approximate surface area is 500 Å². The van der Waals surface area contributed by atoms with Crippen molar-refractivity contribution in [3.63, 3.8) is 0 Å². The molecule has 0 aromatic rings. The van der Waals surface area contributed by atoms with Crippen LogP contribution in [-0.2, 0) is 28.6 Å². The van der Waals surface area contributed by atoms with E-state index in [-0.39, 0.29) is 31.1 Å². The van der Waals surface area contributed by atoms with Crippen LogP contribution in [-0.4, -0.2) is 37.2 Å². The molecule has 0 aliphatic rings. The van der Waals surface area contributed by atoms with Crippen LogP contribution in [0, 0.1) is 0 Å². The summed E-state index contributed by atoms with van der Waals surface area (Å²) in [5.41, 5.74) is 0. The Kier molecular flexibility index (Phi) is 67.6. The van der Waals surface area contributed by atoms with E-state index >= 15 is 0 Å². The highest BCUT2D eigenvalue weighted by atomic mass is 16.6. The largest absolute Gasteiger partial charge is 0.462 e. The van der Waals surface area contributed by atoms with E-state index in [4.69, 9.17) is 14.2 Å². The molecule has 6 nitrogen and oxygen atoms in total. The first kappa shape index (κ1) is 77.9. The molecular formula is C74H140O6. The minimum Gasteiger partial charge on any atom is -0.462 e. The van der Waals surface area contributed by atoms with Gasteiger partial charge in [0.25, 0.3) is 0 Å². The first-order valence-electron chi connectivity index (χ1n) is 36.3. The van der Waals surface area contributed by atoms with Crippen LogP contribution in [0.2, 0.25) is 0 Å². The van der Waals surface area contributed by atoms with Crippen LogP contribution in [0.4, 0.5) is 0 Å². The number of ether oxygens (including phenoxy) is 3. The summed E-state index contributed by atoms with van der Waals surface area (Å²) < 4.78 is 17.0. The molecular weight excluding hydrogens is 985 g/mol. The van der Waals surface area contributed by atoms with Gasteiger partial charge in [0.15, 0.2) is 6.10 Å². The summed E-state index contributed by atoms with van der Waals surface area (Å²) in [7, 11) is 0. The Morgan fingerprint density at radius 1 is 0.237 bits per heavy atom. The van der Waals surface area contributed by atoms with Gasteiger partial charge >= 0.3 is 17.9 Å². The van der Waals surface area contributed by atoms with Crippen molar-refractivity contribution in [2.75, 3.05) is 13.2 Å². The molecule has 0 fully saturated rings. The Hall–Kier alpha value is -2.11. The average Bonchev–Trinajstić information content (AvgIpc) is 3.46. The van der Waals surface area contributed by atoms with Crippen LogP contribution < -0.4 is 0 Å². The van der Waals surface area contributed by atoms with Gasteiger partial charge in [0.2, 0.25) is 0 Å². The molecule has 1 unspecified atom stereocenters. The Morgan fingerprint density at radius 3 is 0.625 bits per heavy atom. The van der Waals surface area contributed by atoms with Crippen molar-refractivity contribution in [2.24, 2.45) is 0 Å². The molecule has 80 heavy (non-hydrogen) atoms. The van der Waals surface area contributed by atoms with Crippen LogP contribution in [0.1, 0.15) is 412 Å². The van der Waals surface area contributed by atoms with E-state index in [2.05, 4.69) is 45.1 Å². The number of carbonyl (C=O) groups excluding carboxylic acids is 3. The third kappa shape index (κ3) is 66.7. The van der Waals surface area contributed by atoms with Crippen molar-refractivity contribution in [2.45, 2.75) is 419 Å². The van der Waals surface area contributed by atoms with Gasteiger partial charge in [-0.3, -0.25) is 14.4 Å². The van der Waals surface area contributed by atoms with E-state index < -0.39 is 6.10 Å². The lowest BCUT2D eigenvalue weighted by atomic mass is 10.0. The van der Waals surface area contributed by atoms with Crippen molar-refractivity contribution in [3.05, 3.63) is 24.3 Å². The first-order valence-corrected chi connectivity index (χ1v) is 36.3. The van der Waals surface area contributed by atoms with E-state index in [1.807, 2.05) is 0 Å². The van der Waals surface area contributed by atoms with Gasteiger partial charge in [0.1, 0.15) is 13.2 Å². The molecule has 0 heterocycles. The zero-order chi connectivity index (χ0) is 57.8. The highest BCUT2D eigenvalue weighted by Gasteiger charge is 2.19. The highest BCUT2D eigenvalue weighted by molar-refractivity contribution is 5.71. The summed E-state index contributed by atoms with van der Waals surface area (Å²) in [6.07, 6.45) is 84.9. The van der Waals surface area contributed by atoms with Gasteiger partial charge in [-0.25, -0.2) is 0 Å². The lowest BCUT2D eigenvalue weighted by Gasteiger charge is -2.18. The van der Waals surface area contributed by atoms with Gasteiger partial charge < -0.3 is 14.2 Å². The topological polar surface area (TPSA) is 78.9 Å². The fraction of sp³-hybridized carbons (Fsp3) is 0.905. The molecule has 0 aliphatic heterocycles. The number of hydrogen-bond acceptors (Lipinski definition) is 6. The molecule has 0 N–H and O–H groups in total. The SMILES string of the molecule is CCCCCCCC/C=C\CCCCCCCCCCCC(=O)OCC(COC(=O)CCCCCCCCCCCCCCCCCCCCCCCCCC)OC(=O)CCCCCCCCCCC/C=C\CCCCCCCC. The van der Waals surface area contributed by atoms with E-state index in [0.717, 1.165) is 57.8 Å². The fourth-order valence-corrected chi connectivity index (χ4v) is 11.2. The fourth-order valence-electron chi connectivity index (χ4n) is 11.2. The molecule has 0 bridgehead atoms. The third-order valence-corrected chi connectivity index (χ3v) is 16.7. The standard InChI is InChI=1S/C74H140O6/c1-4-7-10-13-16-19-22-25-28-31-34-35-36-37-38-41-43-46-49-52-55-58-61-64-67-73(76)79-70-71(80-74(77)68-65-62-59-56-53-50-47-44-40-33-30-27-24-21-18-15-12-9-6-3)69-78-72(75)66-63-60-57-54-51-48-45-42-39-32-29-26-23-20-17-14-11-8-5-2/h26-27,29-30,71H,4-25,28,31-70H2,1-3H3/b29-26-,30-27-. The number of rotatable bonds is 68. The monoisotopic (exact) mass is 1130 g/mol. The maximum absolute atomic E-state index is 13.0. The Morgan fingerprint density at radius 2 is 0.412 bits per heavy atom. The second-order valence-corrected chi connectivity index (χ2v) is 24.9. The number of carbonyl (C=O) groups is 3. The summed E-state index contributed by atoms with van der Waals surface area (Å²) in [4.78, 5) is 38.5. The van der Waals surface area contributed by atoms with E-state index in [0.29, 0.717) is 19.3 Å². The predicted molar refractivity (Wildman–Crippen MR) is 349 cm³/mol. The van der Waals surface area contributed by atoms with Crippen LogP contribution in [0.15, 0.2) is 24.3 Å². The van der Waals surface area contributed by atoms with Crippen LogP contribution in [0.25, 0.3) is 0 Å². The summed E-state index contributed by atoms with van der Waals surface area (Å²) >= 11 is 0. The lowest BCUT2D eigenvalue weighted by molar-refractivity contribution is -0.167. The molecule has 0 aromatic heterocycles. The molecule has 0 spiro atoms. The predicted octanol–water partition coefficient (Wildman–Crippen LogP) is 25.0. The van der Waals surface area contributed by atoms with Crippen molar-refractivity contribution >= 4 is 17.9 Å². The van der Waals surface area contributed by atoms with Gasteiger partial charge in [-0.15, -0.1) is 0 Å². The molecule has 0 saturated heterocycles. The number of hydrogen-bond donors (Lipinski definition) is 0. The zero-order valence-electron chi connectivity index (χ0n) is 54.4. The number of allylic oxidation sites excluding steroid dienone is 4. The molecule has 0 aromatic carbocycles. The van der Waals surface area contributed by atoms with Crippen LogP contribution >= 0.6 is 0 Å². The van der Waals surface area contributed by atoms with Crippen molar-refractivity contribution in [1.29, 1.82) is 0 Å². The highest BCUT2D eigenvalue weighted by Crippen LogP contribution is 2.19. The summed E-state index contributed by atoms with van der Waals surface area (Å²) in [5.74, 6) is -0.837. The second kappa shape index (κ2) is 69.4. The first-order chi connectivity index (χ1) is 39.5. The van der Waals surface area contributed by atoms with Crippen LogP contribution in [0.5, 0.6) is 0 Å². The van der Waals surface area contributed by atoms with E-state index in [1.54, 1.807) is 0 Å². The molecule has 0 saturated carbocycles. The van der Waals surface area contributed by atoms with Crippen molar-refractivity contribution < 1.29 is 28.6 Å². The Balaban J connectivity index is 4.28. The minimum absolute atomic E-state index is 0.0668. The number of esters is 3. The molecule has 0 radical (unpaired) electrons. The smallest absolute Gasteiger partial charge is 0.306 e. The van der Waals surface area contributed by atoms with Gasteiger partial charge in [-0.1, -0.05) is 347 Å². The zero-order valence-corrected chi connectivity index (χ0v) is 54.4.